The minimum Gasteiger partial charge on any atom is -0.355 e. The fourth-order valence-corrected chi connectivity index (χ4v) is 1.39. The molecule has 1 heterocycles. The van der Waals surface area contributed by atoms with Crippen LogP contribution < -0.4 is 16.0 Å². The first-order chi connectivity index (χ1) is 6.33. The van der Waals surface area contributed by atoms with Gasteiger partial charge in [-0.3, -0.25) is 4.79 Å². The van der Waals surface area contributed by atoms with Crippen LogP contribution in [-0.2, 0) is 4.79 Å². The number of carbonyl (C=O) groups is 1. The first-order valence-electron chi connectivity index (χ1n) is 5.03. The highest BCUT2D eigenvalue weighted by Crippen LogP contribution is 1.95. The van der Waals surface area contributed by atoms with Gasteiger partial charge in [-0.15, -0.1) is 0 Å². The summed E-state index contributed by atoms with van der Waals surface area (Å²) in [5, 5.41) is 9.30. The van der Waals surface area contributed by atoms with Gasteiger partial charge in [0.2, 0.25) is 5.91 Å². The summed E-state index contributed by atoms with van der Waals surface area (Å²) < 4.78 is 0. The topological polar surface area (TPSA) is 53.2 Å². The van der Waals surface area contributed by atoms with Crippen LogP contribution in [0.4, 0.5) is 0 Å². The molecule has 13 heavy (non-hydrogen) atoms. The van der Waals surface area contributed by atoms with Crippen molar-refractivity contribution in [3.63, 3.8) is 0 Å². The summed E-state index contributed by atoms with van der Waals surface area (Å²) in [5.74, 6) is 0.105. The van der Waals surface area contributed by atoms with E-state index in [1.165, 1.54) is 0 Å². The van der Waals surface area contributed by atoms with Crippen LogP contribution in [0.5, 0.6) is 0 Å². The van der Waals surface area contributed by atoms with Crippen molar-refractivity contribution in [2.45, 2.75) is 25.8 Å². The van der Waals surface area contributed by atoms with Crippen molar-refractivity contribution < 1.29 is 4.79 Å². The van der Waals surface area contributed by atoms with Crippen LogP contribution in [0.15, 0.2) is 0 Å². The molecule has 0 bridgehead atoms. The maximum atomic E-state index is 11.2. The Morgan fingerprint density at radius 2 is 2.46 bits per heavy atom. The van der Waals surface area contributed by atoms with E-state index in [1.807, 2.05) is 0 Å². The second-order valence-corrected chi connectivity index (χ2v) is 3.42. The van der Waals surface area contributed by atoms with Gasteiger partial charge < -0.3 is 16.0 Å². The van der Waals surface area contributed by atoms with Crippen LogP contribution in [0.25, 0.3) is 0 Å². The lowest BCUT2D eigenvalue weighted by molar-refractivity contribution is -0.120. The average molecular weight is 185 g/mol. The summed E-state index contributed by atoms with van der Waals surface area (Å²) >= 11 is 0. The molecule has 0 aromatic heterocycles. The molecule has 1 saturated heterocycles. The van der Waals surface area contributed by atoms with Crippen molar-refractivity contribution in [1.29, 1.82) is 0 Å². The Balaban J connectivity index is 2.00. The molecule has 0 aromatic carbocycles. The summed E-state index contributed by atoms with van der Waals surface area (Å²) in [6, 6.07) is 0.479. The fraction of sp³-hybridized carbons (Fsp3) is 0.889. The molecular weight excluding hydrogens is 166 g/mol. The van der Waals surface area contributed by atoms with Crippen LogP contribution in [0, 0.1) is 0 Å². The van der Waals surface area contributed by atoms with Gasteiger partial charge in [-0.25, -0.2) is 0 Å². The Kier molecular flexibility index (Phi) is 4.78. The van der Waals surface area contributed by atoms with Crippen molar-refractivity contribution in [2.24, 2.45) is 0 Å². The van der Waals surface area contributed by atoms with Gasteiger partial charge in [0.05, 0.1) is 6.54 Å². The number of amides is 1. The summed E-state index contributed by atoms with van der Waals surface area (Å²) in [4.78, 5) is 11.2. The summed E-state index contributed by atoms with van der Waals surface area (Å²) in [6.07, 6.45) is 2.12. The first-order valence-corrected chi connectivity index (χ1v) is 5.03. The van der Waals surface area contributed by atoms with E-state index in [4.69, 9.17) is 0 Å². The smallest absolute Gasteiger partial charge is 0.233 e. The molecule has 0 aliphatic carbocycles. The third-order valence-electron chi connectivity index (χ3n) is 2.18. The molecule has 4 heteroatoms. The Labute approximate surface area is 79.5 Å². The highest BCUT2D eigenvalue weighted by Gasteiger charge is 2.14. The van der Waals surface area contributed by atoms with E-state index in [9.17, 15) is 4.79 Å². The summed E-state index contributed by atoms with van der Waals surface area (Å²) in [5.41, 5.74) is 0. The number of carbonyl (C=O) groups excluding carboxylic acids is 1. The lowest BCUT2D eigenvalue weighted by Gasteiger charge is -2.10. The molecule has 4 nitrogen and oxygen atoms in total. The van der Waals surface area contributed by atoms with E-state index >= 15 is 0 Å². The maximum Gasteiger partial charge on any atom is 0.233 e. The van der Waals surface area contributed by atoms with Crippen molar-refractivity contribution in [1.82, 2.24) is 16.0 Å². The Bertz CT molecular complexity index is 155. The molecule has 0 radical (unpaired) electrons. The van der Waals surface area contributed by atoms with E-state index in [0.29, 0.717) is 12.6 Å². The normalized spacial score (nSPS) is 21.8. The zero-order chi connectivity index (χ0) is 9.52. The number of hydrogen-bond donors (Lipinski definition) is 3. The second-order valence-electron chi connectivity index (χ2n) is 3.42. The van der Waals surface area contributed by atoms with Gasteiger partial charge in [0.15, 0.2) is 0 Å². The molecule has 1 atom stereocenters. The summed E-state index contributed by atoms with van der Waals surface area (Å²) in [6.45, 7) is 5.33. The van der Waals surface area contributed by atoms with Crippen LogP contribution >= 0.6 is 0 Å². The van der Waals surface area contributed by atoms with Crippen LogP contribution in [0.2, 0.25) is 0 Å². The molecule has 0 spiro atoms. The quantitative estimate of drug-likeness (QED) is 0.539. The van der Waals surface area contributed by atoms with Crippen LogP contribution in [0.1, 0.15) is 19.8 Å². The predicted octanol–water partition coefficient (Wildman–Crippen LogP) is -0.536. The second kappa shape index (κ2) is 5.94. The highest BCUT2D eigenvalue weighted by atomic mass is 16.1. The third-order valence-corrected chi connectivity index (χ3v) is 2.18. The number of hydrogen-bond acceptors (Lipinski definition) is 3. The summed E-state index contributed by atoms with van der Waals surface area (Å²) in [7, 11) is 0. The molecule has 1 aliphatic rings. The zero-order valence-electron chi connectivity index (χ0n) is 8.23. The predicted molar refractivity (Wildman–Crippen MR) is 52.6 cm³/mol. The molecule has 1 rings (SSSR count). The lowest BCUT2D eigenvalue weighted by Crippen LogP contribution is -2.40. The average Bonchev–Trinajstić information content (AvgIpc) is 2.64. The maximum absolute atomic E-state index is 11.2. The molecule has 3 N–H and O–H groups in total. The molecule has 1 fully saturated rings. The van der Waals surface area contributed by atoms with Gasteiger partial charge in [0.1, 0.15) is 0 Å². The van der Waals surface area contributed by atoms with Crippen LogP contribution in [-0.4, -0.2) is 38.1 Å². The van der Waals surface area contributed by atoms with E-state index in [0.717, 1.165) is 32.5 Å². The molecule has 1 amide bonds. The molecular formula is C9H19N3O. The monoisotopic (exact) mass is 185 g/mol. The first kappa shape index (κ1) is 10.5. The van der Waals surface area contributed by atoms with E-state index in [2.05, 4.69) is 22.9 Å². The minimum atomic E-state index is 0.105. The lowest BCUT2D eigenvalue weighted by atomic mass is 10.2. The van der Waals surface area contributed by atoms with E-state index < -0.39 is 0 Å². The van der Waals surface area contributed by atoms with Crippen molar-refractivity contribution in [2.75, 3.05) is 26.2 Å². The Morgan fingerprint density at radius 3 is 3.08 bits per heavy atom. The van der Waals surface area contributed by atoms with Gasteiger partial charge in [0, 0.05) is 19.1 Å². The van der Waals surface area contributed by atoms with Gasteiger partial charge in [0.25, 0.3) is 0 Å². The highest BCUT2D eigenvalue weighted by molar-refractivity contribution is 5.77. The largest absolute Gasteiger partial charge is 0.355 e. The Hall–Kier alpha value is -0.610. The van der Waals surface area contributed by atoms with E-state index in [-0.39, 0.29) is 5.91 Å². The molecule has 0 aromatic rings. The van der Waals surface area contributed by atoms with E-state index in [1.54, 1.807) is 0 Å². The van der Waals surface area contributed by atoms with Gasteiger partial charge in [-0.2, -0.15) is 0 Å². The number of nitrogens with one attached hydrogen (secondary N) is 3. The third kappa shape index (κ3) is 4.24. The molecule has 1 aliphatic heterocycles. The minimum absolute atomic E-state index is 0.105. The van der Waals surface area contributed by atoms with Gasteiger partial charge in [-0.1, -0.05) is 6.92 Å². The van der Waals surface area contributed by atoms with Crippen LogP contribution in [0.3, 0.4) is 0 Å². The number of rotatable bonds is 5. The Morgan fingerprint density at radius 1 is 1.62 bits per heavy atom. The van der Waals surface area contributed by atoms with Crippen molar-refractivity contribution >= 4 is 5.91 Å². The molecule has 1 unspecified atom stereocenters. The molecule has 0 saturated carbocycles. The van der Waals surface area contributed by atoms with Crippen molar-refractivity contribution in [3.05, 3.63) is 0 Å². The van der Waals surface area contributed by atoms with Gasteiger partial charge >= 0.3 is 0 Å². The zero-order valence-corrected chi connectivity index (χ0v) is 8.23. The van der Waals surface area contributed by atoms with Gasteiger partial charge in [-0.05, 0) is 19.4 Å². The van der Waals surface area contributed by atoms with Crippen molar-refractivity contribution in [3.8, 4) is 0 Å². The molecule has 76 valence electrons. The standard InChI is InChI=1S/C9H19N3O/c1-2-4-11-9(13)7-12-8-3-5-10-6-8/h8,10,12H,2-7H2,1H3,(H,11,13). The fourth-order valence-electron chi connectivity index (χ4n) is 1.39. The SMILES string of the molecule is CCCNC(=O)CNC1CCNC1.